The van der Waals surface area contributed by atoms with Crippen LogP contribution in [-0.4, -0.2) is 39.9 Å². The van der Waals surface area contributed by atoms with E-state index in [4.69, 9.17) is 10.1 Å². The number of aliphatic imine (C=N–C) groups is 1. The van der Waals surface area contributed by atoms with Crippen LogP contribution in [0.25, 0.3) is 22.2 Å². The number of hydrogen-bond donors (Lipinski definition) is 4. The van der Waals surface area contributed by atoms with Gasteiger partial charge < -0.3 is 15.4 Å². The van der Waals surface area contributed by atoms with E-state index in [0.29, 0.717) is 17.1 Å². The van der Waals surface area contributed by atoms with Gasteiger partial charge in [0, 0.05) is 17.1 Å². The Labute approximate surface area is 190 Å². The number of carbonyl (C=O) groups is 1. The molecular weight excluding hydrogens is 418 g/mol. The zero-order valence-electron chi connectivity index (χ0n) is 18.2. The Morgan fingerprint density at radius 3 is 2.85 bits per heavy atom. The first-order valence-corrected chi connectivity index (χ1v) is 10.3. The first-order chi connectivity index (χ1) is 16.0. The molecule has 2 aromatic heterocycles. The summed E-state index contributed by atoms with van der Waals surface area (Å²) in [6, 6.07) is 16.4. The summed E-state index contributed by atoms with van der Waals surface area (Å²) in [5.41, 5.74) is 3.41. The highest BCUT2D eigenvalue weighted by Gasteiger charge is 2.14. The van der Waals surface area contributed by atoms with Gasteiger partial charge in [-0.05, 0) is 56.3 Å². The molecule has 0 saturated heterocycles. The van der Waals surface area contributed by atoms with Crippen LogP contribution in [0.15, 0.2) is 65.8 Å². The minimum atomic E-state index is -0.328. The summed E-state index contributed by atoms with van der Waals surface area (Å²) in [4.78, 5) is 20.9. The van der Waals surface area contributed by atoms with Crippen LogP contribution in [0.4, 0.5) is 11.5 Å². The molecule has 0 unspecified atom stereocenters. The van der Waals surface area contributed by atoms with Crippen molar-refractivity contribution in [3.05, 3.63) is 66.4 Å². The lowest BCUT2D eigenvalue weighted by Crippen LogP contribution is -2.15. The fourth-order valence-corrected chi connectivity index (χ4v) is 3.34. The summed E-state index contributed by atoms with van der Waals surface area (Å²) in [5, 5.41) is 21.1. The lowest BCUT2D eigenvalue weighted by atomic mass is 10.1. The Morgan fingerprint density at radius 2 is 2.03 bits per heavy atom. The van der Waals surface area contributed by atoms with Crippen LogP contribution in [0.3, 0.4) is 0 Å². The van der Waals surface area contributed by atoms with E-state index in [9.17, 15) is 4.79 Å². The van der Waals surface area contributed by atoms with Crippen molar-refractivity contribution in [2.45, 2.75) is 20.0 Å². The number of aromatic amines is 1. The molecule has 4 aromatic rings. The number of fused-ring (bicyclic) bond motifs is 1. The van der Waals surface area contributed by atoms with Gasteiger partial charge in [-0.2, -0.15) is 5.10 Å². The second-order valence-electron chi connectivity index (χ2n) is 7.43. The second-order valence-corrected chi connectivity index (χ2v) is 7.43. The van der Waals surface area contributed by atoms with Crippen molar-refractivity contribution in [3.8, 4) is 17.0 Å². The number of carbonyl (C=O) groups excluding carboxylic acids is 1. The number of anilines is 2. The topological polar surface area (TPSA) is 128 Å². The van der Waals surface area contributed by atoms with Gasteiger partial charge in [0.15, 0.2) is 0 Å². The SMILES string of the molecule is CC(C)Oc1ccc2[nH]nc(-c3ccnc(NC(=O)c4ccccc4N/C=N\C=N)c3)c2c1. The number of benzene rings is 2. The maximum atomic E-state index is 12.9. The lowest BCUT2D eigenvalue weighted by molar-refractivity contribution is 0.102. The summed E-state index contributed by atoms with van der Waals surface area (Å²) in [6.45, 7) is 3.96. The smallest absolute Gasteiger partial charge is 0.258 e. The van der Waals surface area contributed by atoms with Crippen LogP contribution in [0.1, 0.15) is 24.2 Å². The fourth-order valence-electron chi connectivity index (χ4n) is 3.34. The van der Waals surface area contributed by atoms with E-state index in [-0.39, 0.29) is 12.0 Å². The summed E-state index contributed by atoms with van der Waals surface area (Å²) in [5.74, 6) is 0.829. The third-order valence-corrected chi connectivity index (χ3v) is 4.72. The third-order valence-electron chi connectivity index (χ3n) is 4.72. The Kier molecular flexibility index (Phi) is 6.40. The molecule has 0 atom stereocenters. The van der Waals surface area contributed by atoms with Gasteiger partial charge in [0.1, 0.15) is 23.6 Å². The molecule has 0 aliphatic rings. The molecule has 0 saturated carbocycles. The van der Waals surface area contributed by atoms with E-state index in [1.807, 2.05) is 38.1 Å². The Bertz CT molecular complexity index is 1330. The van der Waals surface area contributed by atoms with Gasteiger partial charge >= 0.3 is 0 Å². The Morgan fingerprint density at radius 1 is 1.18 bits per heavy atom. The minimum Gasteiger partial charge on any atom is -0.491 e. The van der Waals surface area contributed by atoms with E-state index in [1.54, 1.807) is 36.5 Å². The Hall–Kier alpha value is -4.53. The van der Waals surface area contributed by atoms with Crippen LogP contribution >= 0.6 is 0 Å². The van der Waals surface area contributed by atoms with E-state index in [0.717, 1.165) is 34.2 Å². The van der Waals surface area contributed by atoms with Crippen molar-refractivity contribution in [2.75, 3.05) is 10.6 Å². The first-order valence-electron chi connectivity index (χ1n) is 10.3. The highest BCUT2D eigenvalue weighted by molar-refractivity contribution is 6.09. The molecule has 0 aliphatic heterocycles. The van der Waals surface area contributed by atoms with Crippen LogP contribution in [-0.2, 0) is 0 Å². The van der Waals surface area contributed by atoms with E-state index in [2.05, 4.69) is 30.8 Å². The first kappa shape index (κ1) is 21.7. The summed E-state index contributed by atoms with van der Waals surface area (Å²) < 4.78 is 5.82. The van der Waals surface area contributed by atoms with Crippen molar-refractivity contribution >= 4 is 41.0 Å². The van der Waals surface area contributed by atoms with E-state index >= 15 is 0 Å². The molecule has 4 N–H and O–H groups in total. The molecule has 0 aliphatic carbocycles. The minimum absolute atomic E-state index is 0.0642. The van der Waals surface area contributed by atoms with Crippen LogP contribution in [0, 0.1) is 5.41 Å². The molecular formula is C24H23N7O2. The fraction of sp³-hybridized carbons (Fsp3) is 0.125. The number of aromatic nitrogens is 3. The van der Waals surface area contributed by atoms with Gasteiger partial charge in [-0.1, -0.05) is 12.1 Å². The van der Waals surface area contributed by atoms with E-state index < -0.39 is 0 Å². The molecule has 33 heavy (non-hydrogen) atoms. The number of pyridine rings is 1. The molecule has 0 radical (unpaired) electrons. The molecule has 166 valence electrons. The predicted molar refractivity (Wildman–Crippen MR) is 130 cm³/mol. The highest BCUT2D eigenvalue weighted by Crippen LogP contribution is 2.30. The van der Waals surface area contributed by atoms with Gasteiger partial charge in [0.2, 0.25) is 0 Å². The molecule has 4 rings (SSSR count). The van der Waals surface area contributed by atoms with Crippen molar-refractivity contribution < 1.29 is 9.53 Å². The number of ether oxygens (including phenoxy) is 1. The maximum absolute atomic E-state index is 12.9. The number of hydrogen-bond acceptors (Lipinski definition) is 5. The second kappa shape index (κ2) is 9.73. The molecule has 9 heteroatoms. The van der Waals surface area contributed by atoms with E-state index in [1.165, 1.54) is 6.34 Å². The monoisotopic (exact) mass is 441 g/mol. The standard InChI is InChI=1S/C24H23N7O2/c1-15(2)33-17-7-8-21-19(12-17)23(31-30-21)16-9-10-27-22(11-16)29-24(32)18-5-3-4-6-20(18)28-14-26-13-25/h3-15H,1-2H3,(H,30,31)(H2,25,26,28)(H,27,29,32). The molecule has 0 bridgehead atoms. The van der Waals surface area contributed by atoms with Crippen molar-refractivity contribution in [3.63, 3.8) is 0 Å². The van der Waals surface area contributed by atoms with Gasteiger partial charge in [0.05, 0.1) is 29.2 Å². The van der Waals surface area contributed by atoms with Crippen LogP contribution in [0.2, 0.25) is 0 Å². The average Bonchev–Trinajstić information content (AvgIpc) is 3.22. The van der Waals surface area contributed by atoms with Gasteiger partial charge in [-0.15, -0.1) is 0 Å². The number of H-pyrrole nitrogens is 1. The quantitative estimate of drug-likeness (QED) is 0.232. The summed E-state index contributed by atoms with van der Waals surface area (Å²) in [7, 11) is 0. The Balaban J connectivity index is 1.60. The molecule has 0 fully saturated rings. The third kappa shape index (κ3) is 5.04. The molecule has 2 heterocycles. The van der Waals surface area contributed by atoms with Gasteiger partial charge in [-0.3, -0.25) is 15.3 Å². The molecule has 9 nitrogen and oxygen atoms in total. The zero-order valence-corrected chi connectivity index (χ0v) is 18.2. The zero-order chi connectivity index (χ0) is 23.2. The highest BCUT2D eigenvalue weighted by atomic mass is 16.5. The molecule has 0 spiro atoms. The summed E-state index contributed by atoms with van der Waals surface area (Å²) in [6.07, 6.45) is 3.94. The number of rotatable bonds is 8. The number of nitrogens with zero attached hydrogens (tertiary/aromatic N) is 3. The predicted octanol–water partition coefficient (Wildman–Crippen LogP) is 4.71. The largest absolute Gasteiger partial charge is 0.491 e. The number of para-hydroxylation sites is 1. The molecule has 2 aromatic carbocycles. The number of nitrogens with one attached hydrogen (secondary N) is 4. The van der Waals surface area contributed by atoms with Crippen molar-refractivity contribution in [1.29, 1.82) is 5.41 Å². The normalized spacial score (nSPS) is 11.1. The number of amides is 1. The van der Waals surface area contributed by atoms with Gasteiger partial charge in [0.25, 0.3) is 5.91 Å². The van der Waals surface area contributed by atoms with Crippen molar-refractivity contribution in [2.24, 2.45) is 4.99 Å². The van der Waals surface area contributed by atoms with Crippen molar-refractivity contribution in [1.82, 2.24) is 15.2 Å². The average molecular weight is 441 g/mol. The van der Waals surface area contributed by atoms with Crippen LogP contribution < -0.4 is 15.4 Å². The lowest BCUT2D eigenvalue weighted by Gasteiger charge is -2.10. The van der Waals surface area contributed by atoms with Gasteiger partial charge in [-0.25, -0.2) is 9.98 Å². The summed E-state index contributed by atoms with van der Waals surface area (Å²) >= 11 is 0. The molecule has 1 amide bonds. The van der Waals surface area contributed by atoms with Crippen LogP contribution in [0.5, 0.6) is 5.75 Å². The maximum Gasteiger partial charge on any atom is 0.258 e.